The SMILES string of the molecule is CC(c1cc2ccccc2o1)N(C)S(=O)(=O)c1cn(C)c(=O)n(C)c1=O. The molecule has 1 aromatic carbocycles. The van der Waals surface area contributed by atoms with Crippen molar-refractivity contribution in [2.45, 2.75) is 17.9 Å². The molecule has 0 radical (unpaired) electrons. The average molecular weight is 377 g/mol. The van der Waals surface area contributed by atoms with Crippen LogP contribution in [-0.4, -0.2) is 28.9 Å². The molecule has 26 heavy (non-hydrogen) atoms. The molecule has 0 N–H and O–H groups in total. The van der Waals surface area contributed by atoms with Crippen LogP contribution in [0.4, 0.5) is 0 Å². The Bertz CT molecular complexity index is 1170. The zero-order chi connectivity index (χ0) is 19.2. The highest BCUT2D eigenvalue weighted by molar-refractivity contribution is 7.89. The average Bonchev–Trinajstić information content (AvgIpc) is 3.05. The number of aromatic nitrogens is 2. The van der Waals surface area contributed by atoms with E-state index < -0.39 is 32.2 Å². The summed E-state index contributed by atoms with van der Waals surface area (Å²) in [6.07, 6.45) is 1.04. The quantitative estimate of drug-likeness (QED) is 0.681. The molecule has 0 aliphatic heterocycles. The number of fused-ring (bicyclic) bond motifs is 1. The summed E-state index contributed by atoms with van der Waals surface area (Å²) in [5.41, 5.74) is -0.808. The van der Waals surface area contributed by atoms with E-state index in [1.54, 1.807) is 19.1 Å². The number of hydrogen-bond acceptors (Lipinski definition) is 5. The molecule has 138 valence electrons. The number of aryl methyl sites for hydroxylation is 1. The molecule has 0 saturated carbocycles. The van der Waals surface area contributed by atoms with E-state index in [0.717, 1.165) is 25.0 Å². The Morgan fingerprint density at radius 2 is 1.81 bits per heavy atom. The summed E-state index contributed by atoms with van der Waals surface area (Å²) >= 11 is 0. The van der Waals surface area contributed by atoms with E-state index in [4.69, 9.17) is 4.42 Å². The van der Waals surface area contributed by atoms with Crippen molar-refractivity contribution in [2.75, 3.05) is 7.05 Å². The molecule has 0 fully saturated rings. The summed E-state index contributed by atoms with van der Waals surface area (Å²) in [6.45, 7) is 1.67. The minimum atomic E-state index is -4.14. The molecule has 0 amide bonds. The smallest absolute Gasteiger partial charge is 0.330 e. The topological polar surface area (TPSA) is 94.5 Å². The van der Waals surface area contributed by atoms with Gasteiger partial charge in [-0.3, -0.25) is 9.36 Å². The van der Waals surface area contributed by atoms with Crippen molar-refractivity contribution in [3.8, 4) is 0 Å². The summed E-state index contributed by atoms with van der Waals surface area (Å²) in [5.74, 6) is 0.457. The van der Waals surface area contributed by atoms with E-state index >= 15 is 0 Å². The normalized spacial score (nSPS) is 13.4. The Morgan fingerprint density at radius 1 is 1.15 bits per heavy atom. The molecule has 0 bridgehead atoms. The standard InChI is InChI=1S/C17H19N3O5S/c1-11(14-9-12-7-5-6-8-13(12)25-14)20(4)26(23,24)15-10-18(2)17(22)19(3)16(15)21/h5-11H,1-4H3. The van der Waals surface area contributed by atoms with Gasteiger partial charge >= 0.3 is 5.69 Å². The van der Waals surface area contributed by atoms with Crippen LogP contribution in [0.3, 0.4) is 0 Å². The fourth-order valence-corrected chi connectivity index (χ4v) is 4.18. The summed E-state index contributed by atoms with van der Waals surface area (Å²) in [4.78, 5) is 23.6. The van der Waals surface area contributed by atoms with Crippen LogP contribution in [0.25, 0.3) is 11.0 Å². The van der Waals surface area contributed by atoms with Crippen molar-refractivity contribution in [1.82, 2.24) is 13.4 Å². The van der Waals surface area contributed by atoms with Crippen LogP contribution < -0.4 is 11.2 Å². The minimum absolute atomic E-state index is 0.457. The molecule has 8 nitrogen and oxygen atoms in total. The third-order valence-electron chi connectivity index (χ3n) is 4.47. The molecule has 0 saturated heterocycles. The summed E-state index contributed by atoms with van der Waals surface area (Å²) in [7, 11) is -0.128. The highest BCUT2D eigenvalue weighted by Gasteiger charge is 2.31. The van der Waals surface area contributed by atoms with Crippen molar-refractivity contribution < 1.29 is 12.8 Å². The van der Waals surface area contributed by atoms with E-state index in [-0.39, 0.29) is 0 Å². The highest BCUT2D eigenvalue weighted by atomic mass is 32.2. The van der Waals surface area contributed by atoms with Gasteiger partial charge in [0, 0.05) is 32.7 Å². The summed E-state index contributed by atoms with van der Waals surface area (Å²) in [6, 6.07) is 8.48. The van der Waals surface area contributed by atoms with Gasteiger partial charge in [0.1, 0.15) is 11.3 Å². The maximum absolute atomic E-state index is 13.0. The zero-order valence-corrected chi connectivity index (χ0v) is 15.6. The van der Waals surface area contributed by atoms with Crippen LogP contribution in [-0.2, 0) is 24.1 Å². The minimum Gasteiger partial charge on any atom is -0.459 e. The van der Waals surface area contributed by atoms with Gasteiger partial charge in [-0.05, 0) is 19.1 Å². The molecule has 0 spiro atoms. The second-order valence-electron chi connectivity index (χ2n) is 6.13. The first-order chi connectivity index (χ1) is 12.1. The van der Waals surface area contributed by atoms with Crippen LogP contribution in [0.2, 0.25) is 0 Å². The molecule has 1 atom stereocenters. The van der Waals surface area contributed by atoms with Gasteiger partial charge in [0.25, 0.3) is 5.56 Å². The third kappa shape index (κ3) is 2.78. The molecular formula is C17H19N3O5S. The first-order valence-electron chi connectivity index (χ1n) is 7.87. The maximum atomic E-state index is 13.0. The van der Waals surface area contributed by atoms with Crippen molar-refractivity contribution in [3.63, 3.8) is 0 Å². The zero-order valence-electron chi connectivity index (χ0n) is 14.8. The summed E-state index contributed by atoms with van der Waals surface area (Å²) in [5, 5.41) is 0.859. The first-order valence-corrected chi connectivity index (χ1v) is 9.31. The highest BCUT2D eigenvalue weighted by Crippen LogP contribution is 2.29. The number of furan rings is 1. The molecule has 2 heterocycles. The monoisotopic (exact) mass is 377 g/mol. The number of para-hydroxylation sites is 1. The van der Waals surface area contributed by atoms with E-state index in [2.05, 4.69) is 0 Å². The Balaban J connectivity index is 2.07. The number of nitrogens with zero attached hydrogens (tertiary/aromatic N) is 3. The van der Waals surface area contributed by atoms with Crippen LogP contribution in [0.1, 0.15) is 18.7 Å². The van der Waals surface area contributed by atoms with Gasteiger partial charge in [0.05, 0.1) is 6.04 Å². The molecule has 0 aliphatic rings. The lowest BCUT2D eigenvalue weighted by Crippen LogP contribution is -2.42. The lowest BCUT2D eigenvalue weighted by Gasteiger charge is -2.22. The van der Waals surface area contributed by atoms with Crippen LogP contribution in [0.15, 0.2) is 55.4 Å². The maximum Gasteiger partial charge on any atom is 0.330 e. The fourth-order valence-electron chi connectivity index (χ4n) is 2.70. The van der Waals surface area contributed by atoms with Gasteiger partial charge in [-0.2, -0.15) is 4.31 Å². The lowest BCUT2D eigenvalue weighted by molar-refractivity contribution is 0.347. The molecule has 3 aromatic rings. The summed E-state index contributed by atoms with van der Waals surface area (Å²) < 4.78 is 34.5. The van der Waals surface area contributed by atoms with Crippen molar-refractivity contribution in [2.24, 2.45) is 14.1 Å². The van der Waals surface area contributed by atoms with Gasteiger partial charge in [-0.1, -0.05) is 18.2 Å². The fraction of sp³-hybridized carbons (Fsp3) is 0.294. The number of sulfonamides is 1. The van der Waals surface area contributed by atoms with Crippen LogP contribution >= 0.6 is 0 Å². The van der Waals surface area contributed by atoms with E-state index in [0.29, 0.717) is 11.3 Å². The van der Waals surface area contributed by atoms with Gasteiger partial charge in [-0.25, -0.2) is 13.2 Å². The van der Waals surface area contributed by atoms with Gasteiger partial charge in [-0.15, -0.1) is 0 Å². The predicted molar refractivity (Wildman–Crippen MR) is 96.5 cm³/mol. The van der Waals surface area contributed by atoms with Crippen LogP contribution in [0.5, 0.6) is 0 Å². The number of rotatable bonds is 4. The van der Waals surface area contributed by atoms with E-state index in [1.165, 1.54) is 21.1 Å². The van der Waals surface area contributed by atoms with E-state index in [1.807, 2.05) is 18.2 Å². The molecular weight excluding hydrogens is 358 g/mol. The second kappa shape index (κ2) is 6.26. The van der Waals surface area contributed by atoms with E-state index in [9.17, 15) is 18.0 Å². The molecule has 2 aromatic heterocycles. The van der Waals surface area contributed by atoms with Crippen LogP contribution in [0, 0.1) is 0 Å². The Kier molecular flexibility index (Phi) is 4.37. The van der Waals surface area contributed by atoms with Crippen molar-refractivity contribution >= 4 is 21.0 Å². The van der Waals surface area contributed by atoms with Gasteiger partial charge in [0.15, 0.2) is 4.90 Å². The third-order valence-corrected chi connectivity index (χ3v) is 6.38. The van der Waals surface area contributed by atoms with Crippen molar-refractivity contribution in [3.05, 3.63) is 63.1 Å². The van der Waals surface area contributed by atoms with Gasteiger partial charge < -0.3 is 8.98 Å². The molecule has 0 aliphatic carbocycles. The number of benzene rings is 1. The lowest BCUT2D eigenvalue weighted by atomic mass is 10.2. The van der Waals surface area contributed by atoms with Gasteiger partial charge in [0.2, 0.25) is 10.0 Å². The Morgan fingerprint density at radius 3 is 2.46 bits per heavy atom. The largest absolute Gasteiger partial charge is 0.459 e. The predicted octanol–water partition coefficient (Wildman–Crippen LogP) is 1.21. The Labute approximate surface area is 149 Å². The Hall–Kier alpha value is -2.65. The van der Waals surface area contributed by atoms with Crippen molar-refractivity contribution in [1.29, 1.82) is 0 Å². The first kappa shape index (κ1) is 18.2. The molecule has 3 rings (SSSR count). The second-order valence-corrected chi connectivity index (χ2v) is 8.10. The molecule has 1 unspecified atom stereocenters. The molecule has 9 heteroatoms. The number of hydrogen-bond donors (Lipinski definition) is 0.